The average molecular weight is 515 g/mol. The molecule has 1 unspecified atom stereocenters. The molecule has 1 aromatic carbocycles. The van der Waals surface area contributed by atoms with Gasteiger partial charge in [0.05, 0.1) is 29.3 Å². The van der Waals surface area contributed by atoms with Crippen molar-refractivity contribution in [3.8, 4) is 0 Å². The van der Waals surface area contributed by atoms with Crippen LogP contribution in [-0.2, 0) is 16.1 Å². The van der Waals surface area contributed by atoms with Crippen LogP contribution in [0.2, 0.25) is 0 Å². The Bertz CT molecular complexity index is 1080. The smallest absolute Gasteiger partial charge is 0.335 e. The number of hydrogen-bond acceptors (Lipinski definition) is 5. The van der Waals surface area contributed by atoms with Crippen LogP contribution >= 0.6 is 0 Å². The molecule has 0 aliphatic carbocycles. The first kappa shape index (κ1) is 30.0. The van der Waals surface area contributed by atoms with Crippen molar-refractivity contribution < 1.29 is 19.5 Å². The molecular formula is C28H42N4O5. The third-order valence-corrected chi connectivity index (χ3v) is 6.44. The molecule has 1 atom stereocenters. The Morgan fingerprint density at radius 1 is 0.946 bits per heavy atom. The molecule has 2 amide bonds. The number of fused-ring (bicyclic) bond motifs is 1. The van der Waals surface area contributed by atoms with Gasteiger partial charge in [-0.1, -0.05) is 71.6 Å². The number of aromatic carboxylic acids is 1. The normalized spacial score (nSPS) is 11.8. The van der Waals surface area contributed by atoms with E-state index >= 15 is 0 Å². The van der Waals surface area contributed by atoms with Crippen LogP contribution in [0, 0.1) is 0 Å². The van der Waals surface area contributed by atoms with Crippen LogP contribution in [-0.4, -0.2) is 45.0 Å². The van der Waals surface area contributed by atoms with Crippen molar-refractivity contribution >= 4 is 28.7 Å². The van der Waals surface area contributed by atoms with Gasteiger partial charge in [-0.15, -0.1) is 0 Å². The Hall–Kier alpha value is -3.23. The summed E-state index contributed by atoms with van der Waals surface area (Å²) in [6, 6.07) is 3.21. The minimum absolute atomic E-state index is 0.0199. The van der Waals surface area contributed by atoms with E-state index in [1.54, 1.807) is 0 Å². The van der Waals surface area contributed by atoms with E-state index in [2.05, 4.69) is 29.5 Å². The summed E-state index contributed by atoms with van der Waals surface area (Å²) in [4.78, 5) is 54.3. The molecule has 9 heteroatoms. The van der Waals surface area contributed by atoms with Gasteiger partial charge in [0.1, 0.15) is 6.04 Å². The summed E-state index contributed by atoms with van der Waals surface area (Å²) >= 11 is 0. The van der Waals surface area contributed by atoms with Crippen LogP contribution in [0.4, 0.5) is 0 Å². The number of nitrogens with one attached hydrogen (secondary N) is 2. The number of hydrogen-bond donors (Lipinski definition) is 3. The predicted octanol–water partition coefficient (Wildman–Crippen LogP) is 4.42. The molecular weight excluding hydrogens is 472 g/mol. The highest BCUT2D eigenvalue weighted by atomic mass is 16.4. The Balaban J connectivity index is 2.08. The number of carbonyl (C=O) groups is 3. The van der Waals surface area contributed by atoms with Gasteiger partial charge < -0.3 is 15.7 Å². The second kappa shape index (κ2) is 16.5. The Labute approximate surface area is 219 Å². The maximum atomic E-state index is 13.1. The molecule has 1 aromatic heterocycles. The van der Waals surface area contributed by atoms with Crippen LogP contribution in [0.15, 0.2) is 29.3 Å². The molecule has 0 spiro atoms. The van der Waals surface area contributed by atoms with Crippen molar-refractivity contribution in [3.05, 3.63) is 40.4 Å². The number of benzene rings is 1. The van der Waals surface area contributed by atoms with E-state index in [0.717, 1.165) is 44.9 Å². The van der Waals surface area contributed by atoms with E-state index in [1.165, 1.54) is 54.8 Å². The molecule has 0 aliphatic heterocycles. The number of carboxylic acids is 1. The van der Waals surface area contributed by atoms with Gasteiger partial charge in [-0.2, -0.15) is 0 Å². The summed E-state index contributed by atoms with van der Waals surface area (Å²) in [6.07, 6.45) is 13.3. The maximum Gasteiger partial charge on any atom is 0.335 e. The highest BCUT2D eigenvalue weighted by Crippen LogP contribution is 2.11. The highest BCUT2D eigenvalue weighted by molar-refractivity contribution is 5.93. The molecule has 2 rings (SSSR count). The fourth-order valence-electron chi connectivity index (χ4n) is 4.21. The second-order valence-corrected chi connectivity index (χ2v) is 9.58. The van der Waals surface area contributed by atoms with Gasteiger partial charge in [-0.3, -0.25) is 19.0 Å². The molecule has 2 aromatic rings. The van der Waals surface area contributed by atoms with Crippen molar-refractivity contribution in [2.75, 3.05) is 6.54 Å². The van der Waals surface area contributed by atoms with Crippen LogP contribution in [0.3, 0.4) is 0 Å². The monoisotopic (exact) mass is 514 g/mol. The number of unbranched alkanes of at least 4 members (excludes halogenated alkanes) is 9. The Morgan fingerprint density at radius 2 is 1.59 bits per heavy atom. The lowest BCUT2D eigenvalue weighted by molar-refractivity contribution is -0.129. The zero-order chi connectivity index (χ0) is 27.0. The lowest BCUT2D eigenvalue weighted by Gasteiger charge is -2.20. The molecule has 0 aliphatic rings. The molecule has 0 radical (unpaired) electrons. The van der Waals surface area contributed by atoms with Crippen LogP contribution in [0.5, 0.6) is 0 Å². The molecule has 0 saturated heterocycles. The largest absolute Gasteiger partial charge is 0.478 e. The van der Waals surface area contributed by atoms with Crippen molar-refractivity contribution in [3.63, 3.8) is 0 Å². The van der Waals surface area contributed by atoms with E-state index in [9.17, 15) is 24.3 Å². The summed E-state index contributed by atoms with van der Waals surface area (Å²) in [5, 5.41) is 15.1. The first-order valence-electron chi connectivity index (χ1n) is 13.7. The van der Waals surface area contributed by atoms with Gasteiger partial charge in [0.25, 0.3) is 5.56 Å². The van der Waals surface area contributed by atoms with E-state index in [1.807, 2.05) is 0 Å². The van der Waals surface area contributed by atoms with Gasteiger partial charge in [0.2, 0.25) is 11.8 Å². The number of rotatable bonds is 18. The number of amides is 2. The molecule has 3 N–H and O–H groups in total. The van der Waals surface area contributed by atoms with Crippen molar-refractivity contribution in [2.45, 2.75) is 103 Å². The van der Waals surface area contributed by atoms with Crippen LogP contribution in [0.1, 0.15) is 101 Å². The van der Waals surface area contributed by atoms with E-state index < -0.39 is 17.6 Å². The fraction of sp³-hybridized carbons (Fsp3) is 0.607. The lowest BCUT2D eigenvalue weighted by atomic mass is 10.1. The molecule has 204 valence electrons. The fourth-order valence-corrected chi connectivity index (χ4v) is 4.21. The highest BCUT2D eigenvalue weighted by Gasteiger charge is 2.22. The first-order valence-corrected chi connectivity index (χ1v) is 13.7. The third kappa shape index (κ3) is 10.3. The summed E-state index contributed by atoms with van der Waals surface area (Å²) in [5.41, 5.74) is -0.116. The van der Waals surface area contributed by atoms with E-state index in [-0.39, 0.29) is 29.3 Å². The minimum Gasteiger partial charge on any atom is -0.478 e. The summed E-state index contributed by atoms with van der Waals surface area (Å²) in [5.74, 6) is -1.72. The van der Waals surface area contributed by atoms with Crippen LogP contribution in [0.25, 0.3) is 10.9 Å². The van der Waals surface area contributed by atoms with Gasteiger partial charge in [0.15, 0.2) is 0 Å². The first-order chi connectivity index (χ1) is 17.9. The van der Waals surface area contributed by atoms with E-state index in [0.29, 0.717) is 18.5 Å². The van der Waals surface area contributed by atoms with Gasteiger partial charge in [0, 0.05) is 13.0 Å². The quantitative estimate of drug-likeness (QED) is 0.253. The topological polar surface area (TPSA) is 130 Å². The summed E-state index contributed by atoms with van der Waals surface area (Å²) in [7, 11) is 0. The number of carboxylic acid groups (broad SMARTS) is 1. The second-order valence-electron chi connectivity index (χ2n) is 9.58. The molecule has 37 heavy (non-hydrogen) atoms. The van der Waals surface area contributed by atoms with Crippen molar-refractivity contribution in [1.29, 1.82) is 0 Å². The lowest BCUT2D eigenvalue weighted by Crippen LogP contribution is -2.50. The number of nitrogens with zero attached hydrogens (tertiary/aromatic N) is 2. The standard InChI is InChI=1S/C28H42N4O5/c1-3-5-7-9-10-11-12-14-25(33)31-24(26(34)29-17-13-8-6-4-2)19-32-20-30-23-16-15-21(28(36)37)18-22(23)27(32)35/h15-16,18,20,24H,3-14,17,19H2,1-2H3,(H,29,34)(H,31,33)(H,36,37). The Morgan fingerprint density at radius 3 is 2.27 bits per heavy atom. The average Bonchev–Trinajstić information content (AvgIpc) is 2.88. The number of carbonyl (C=O) groups excluding carboxylic acids is 2. The molecule has 1 heterocycles. The van der Waals surface area contributed by atoms with Crippen molar-refractivity contribution in [2.24, 2.45) is 0 Å². The zero-order valence-electron chi connectivity index (χ0n) is 22.3. The predicted molar refractivity (Wildman–Crippen MR) is 145 cm³/mol. The molecule has 9 nitrogen and oxygen atoms in total. The zero-order valence-corrected chi connectivity index (χ0v) is 22.3. The SMILES string of the molecule is CCCCCCCCCC(=O)NC(Cn1cnc2ccc(C(=O)O)cc2c1=O)C(=O)NCCCCCC. The van der Waals surface area contributed by atoms with Gasteiger partial charge in [-0.05, 0) is 31.0 Å². The Kier molecular flexibility index (Phi) is 13.4. The minimum atomic E-state index is -1.14. The van der Waals surface area contributed by atoms with Gasteiger partial charge >= 0.3 is 5.97 Å². The third-order valence-electron chi connectivity index (χ3n) is 6.44. The summed E-state index contributed by atoms with van der Waals surface area (Å²) < 4.78 is 1.25. The van der Waals surface area contributed by atoms with E-state index in [4.69, 9.17) is 0 Å². The summed E-state index contributed by atoms with van der Waals surface area (Å²) in [6.45, 7) is 4.69. The van der Waals surface area contributed by atoms with Crippen molar-refractivity contribution in [1.82, 2.24) is 20.2 Å². The number of aromatic nitrogens is 2. The molecule has 0 fully saturated rings. The molecule has 0 bridgehead atoms. The van der Waals surface area contributed by atoms with Gasteiger partial charge in [-0.25, -0.2) is 9.78 Å². The molecule has 0 saturated carbocycles. The maximum absolute atomic E-state index is 13.1. The van der Waals surface area contributed by atoms with Crippen LogP contribution < -0.4 is 16.2 Å².